The zero-order chi connectivity index (χ0) is 22.1. The molecule has 0 spiro atoms. The molecule has 3 aromatic carbocycles. The van der Waals surface area contributed by atoms with E-state index in [1.54, 1.807) is 14.2 Å². The second kappa shape index (κ2) is 11.1. The molecule has 0 fully saturated rings. The number of carbonyl (C=O) groups is 1. The van der Waals surface area contributed by atoms with Crippen molar-refractivity contribution >= 4 is 5.91 Å². The molecule has 1 amide bonds. The van der Waals surface area contributed by atoms with Crippen molar-refractivity contribution in [3.05, 3.63) is 89.5 Å². The van der Waals surface area contributed by atoms with E-state index in [2.05, 4.69) is 5.32 Å². The van der Waals surface area contributed by atoms with Gasteiger partial charge in [0.05, 0.1) is 26.9 Å². The standard InChI is InChI=1S/C26H29NO4/c1-4-31-22-13-11-21(12-14-22)26(20-8-6-5-7-9-20)27-25(28)15-10-19-16-23(29-2)18-24(17-19)30-3/h5-9,11-14,16-18,26H,4,10,15H2,1-3H3,(H,27,28). The maximum Gasteiger partial charge on any atom is 0.221 e. The molecule has 5 nitrogen and oxygen atoms in total. The first-order chi connectivity index (χ1) is 15.1. The highest BCUT2D eigenvalue weighted by Gasteiger charge is 2.17. The number of amides is 1. The van der Waals surface area contributed by atoms with Crippen molar-refractivity contribution in [2.45, 2.75) is 25.8 Å². The number of aryl methyl sites for hydroxylation is 1. The van der Waals surface area contributed by atoms with Crippen molar-refractivity contribution in [2.24, 2.45) is 0 Å². The van der Waals surface area contributed by atoms with E-state index in [9.17, 15) is 4.79 Å². The van der Waals surface area contributed by atoms with Gasteiger partial charge >= 0.3 is 0 Å². The van der Waals surface area contributed by atoms with Gasteiger partial charge in [-0.05, 0) is 54.3 Å². The fourth-order valence-electron chi connectivity index (χ4n) is 3.43. The quantitative estimate of drug-likeness (QED) is 0.506. The largest absolute Gasteiger partial charge is 0.497 e. The second-order valence-corrected chi connectivity index (χ2v) is 7.13. The van der Waals surface area contributed by atoms with Crippen LogP contribution in [0.15, 0.2) is 72.8 Å². The van der Waals surface area contributed by atoms with Gasteiger partial charge in [0.25, 0.3) is 0 Å². The molecule has 5 heteroatoms. The summed E-state index contributed by atoms with van der Waals surface area (Å²) in [6.07, 6.45) is 0.945. The molecule has 31 heavy (non-hydrogen) atoms. The first-order valence-corrected chi connectivity index (χ1v) is 10.4. The van der Waals surface area contributed by atoms with Gasteiger partial charge in [-0.3, -0.25) is 4.79 Å². The molecule has 162 valence electrons. The fourth-order valence-corrected chi connectivity index (χ4v) is 3.43. The van der Waals surface area contributed by atoms with Gasteiger partial charge in [-0.15, -0.1) is 0 Å². The zero-order valence-corrected chi connectivity index (χ0v) is 18.3. The minimum Gasteiger partial charge on any atom is -0.497 e. The van der Waals surface area contributed by atoms with Crippen LogP contribution < -0.4 is 19.5 Å². The minimum absolute atomic E-state index is 0.0236. The van der Waals surface area contributed by atoms with E-state index in [0.717, 1.165) is 22.4 Å². The molecule has 0 radical (unpaired) electrons. The Hall–Kier alpha value is -3.47. The van der Waals surface area contributed by atoms with Crippen LogP contribution in [0.4, 0.5) is 0 Å². The van der Waals surface area contributed by atoms with Crippen molar-refractivity contribution in [3.63, 3.8) is 0 Å². The Labute approximate surface area is 184 Å². The Balaban J connectivity index is 1.73. The Morgan fingerprint density at radius 1 is 0.839 bits per heavy atom. The summed E-state index contributed by atoms with van der Waals surface area (Å²) in [5.74, 6) is 2.22. The van der Waals surface area contributed by atoms with Gasteiger partial charge in [-0.1, -0.05) is 42.5 Å². The predicted molar refractivity (Wildman–Crippen MR) is 122 cm³/mol. The lowest BCUT2D eigenvalue weighted by Gasteiger charge is -2.20. The lowest BCUT2D eigenvalue weighted by Crippen LogP contribution is -2.29. The fraction of sp³-hybridized carbons (Fsp3) is 0.269. The van der Waals surface area contributed by atoms with Crippen molar-refractivity contribution in [3.8, 4) is 17.2 Å². The van der Waals surface area contributed by atoms with E-state index >= 15 is 0 Å². The molecule has 1 atom stereocenters. The van der Waals surface area contributed by atoms with Crippen LogP contribution in [0.25, 0.3) is 0 Å². The number of nitrogens with one attached hydrogen (secondary N) is 1. The van der Waals surface area contributed by atoms with Gasteiger partial charge in [-0.2, -0.15) is 0 Å². The molecule has 0 aliphatic rings. The smallest absolute Gasteiger partial charge is 0.221 e. The number of rotatable bonds is 10. The van der Waals surface area contributed by atoms with Crippen LogP contribution in [0.1, 0.15) is 36.1 Å². The normalized spacial score (nSPS) is 11.5. The highest BCUT2D eigenvalue weighted by Crippen LogP contribution is 2.26. The third-order valence-corrected chi connectivity index (χ3v) is 5.01. The summed E-state index contributed by atoms with van der Waals surface area (Å²) in [6, 6.07) is 23.3. The Bertz CT molecular complexity index is 948. The van der Waals surface area contributed by atoms with E-state index in [1.807, 2.05) is 79.7 Å². The van der Waals surface area contributed by atoms with Crippen LogP contribution in [0, 0.1) is 0 Å². The molecule has 3 aromatic rings. The lowest BCUT2D eigenvalue weighted by molar-refractivity contribution is -0.121. The SMILES string of the molecule is CCOc1ccc(C(NC(=O)CCc2cc(OC)cc(OC)c2)c2ccccc2)cc1. The van der Waals surface area contributed by atoms with Crippen molar-refractivity contribution < 1.29 is 19.0 Å². The summed E-state index contributed by atoms with van der Waals surface area (Å²) in [4.78, 5) is 12.9. The number of hydrogen-bond acceptors (Lipinski definition) is 4. The van der Waals surface area contributed by atoms with E-state index in [-0.39, 0.29) is 11.9 Å². The molecule has 0 bridgehead atoms. The third-order valence-electron chi connectivity index (χ3n) is 5.01. The molecule has 1 unspecified atom stereocenters. The molecule has 1 N–H and O–H groups in total. The topological polar surface area (TPSA) is 56.8 Å². The monoisotopic (exact) mass is 419 g/mol. The van der Waals surface area contributed by atoms with Gasteiger partial charge in [0.1, 0.15) is 17.2 Å². The number of carbonyl (C=O) groups excluding carboxylic acids is 1. The number of methoxy groups -OCH3 is 2. The van der Waals surface area contributed by atoms with Gasteiger partial charge in [0.15, 0.2) is 0 Å². The Kier molecular flexibility index (Phi) is 7.93. The van der Waals surface area contributed by atoms with Crippen LogP contribution in [0.2, 0.25) is 0 Å². The van der Waals surface area contributed by atoms with E-state index in [0.29, 0.717) is 30.9 Å². The maximum atomic E-state index is 12.9. The van der Waals surface area contributed by atoms with Gasteiger partial charge in [0.2, 0.25) is 5.91 Å². The summed E-state index contributed by atoms with van der Waals surface area (Å²) < 4.78 is 16.2. The number of ether oxygens (including phenoxy) is 3. The van der Waals surface area contributed by atoms with Crippen LogP contribution in [-0.4, -0.2) is 26.7 Å². The third kappa shape index (κ3) is 6.25. The van der Waals surface area contributed by atoms with Gasteiger partial charge in [-0.25, -0.2) is 0 Å². The zero-order valence-electron chi connectivity index (χ0n) is 18.3. The first kappa shape index (κ1) is 22.2. The second-order valence-electron chi connectivity index (χ2n) is 7.13. The van der Waals surface area contributed by atoms with Crippen molar-refractivity contribution in [2.75, 3.05) is 20.8 Å². The first-order valence-electron chi connectivity index (χ1n) is 10.4. The molecule has 3 rings (SSSR count). The summed E-state index contributed by atoms with van der Waals surface area (Å²) in [7, 11) is 3.24. The molecule has 0 aliphatic heterocycles. The maximum absolute atomic E-state index is 12.9. The molecule has 0 aliphatic carbocycles. The van der Waals surface area contributed by atoms with E-state index in [1.165, 1.54) is 0 Å². The minimum atomic E-state index is -0.232. The van der Waals surface area contributed by atoms with Crippen molar-refractivity contribution in [1.29, 1.82) is 0 Å². The van der Waals surface area contributed by atoms with Crippen LogP contribution >= 0.6 is 0 Å². The molecule has 0 heterocycles. The van der Waals surface area contributed by atoms with Gasteiger partial charge in [0, 0.05) is 12.5 Å². The van der Waals surface area contributed by atoms with Gasteiger partial charge < -0.3 is 19.5 Å². The lowest BCUT2D eigenvalue weighted by atomic mass is 9.98. The van der Waals surface area contributed by atoms with E-state index in [4.69, 9.17) is 14.2 Å². The Morgan fingerprint density at radius 2 is 1.45 bits per heavy atom. The van der Waals surface area contributed by atoms with Crippen LogP contribution in [0.5, 0.6) is 17.2 Å². The van der Waals surface area contributed by atoms with Crippen LogP contribution in [-0.2, 0) is 11.2 Å². The van der Waals surface area contributed by atoms with Crippen LogP contribution in [0.3, 0.4) is 0 Å². The summed E-state index contributed by atoms with van der Waals surface area (Å²) in [6.45, 7) is 2.58. The predicted octanol–water partition coefficient (Wildman–Crippen LogP) is 4.94. The Morgan fingerprint density at radius 3 is 2.03 bits per heavy atom. The molecule has 0 saturated heterocycles. The summed E-state index contributed by atoms with van der Waals surface area (Å²) in [5.41, 5.74) is 3.03. The molecular weight excluding hydrogens is 390 g/mol. The molecule has 0 saturated carbocycles. The van der Waals surface area contributed by atoms with E-state index < -0.39 is 0 Å². The number of benzene rings is 3. The highest BCUT2D eigenvalue weighted by atomic mass is 16.5. The molecule has 0 aromatic heterocycles. The highest BCUT2D eigenvalue weighted by molar-refractivity contribution is 5.77. The summed E-state index contributed by atoms with van der Waals surface area (Å²) >= 11 is 0. The number of hydrogen-bond donors (Lipinski definition) is 1. The average Bonchev–Trinajstić information content (AvgIpc) is 2.82. The van der Waals surface area contributed by atoms with Crippen molar-refractivity contribution in [1.82, 2.24) is 5.32 Å². The molecular formula is C26H29NO4. The summed E-state index contributed by atoms with van der Waals surface area (Å²) in [5, 5.41) is 3.19. The average molecular weight is 420 g/mol.